The van der Waals surface area contributed by atoms with E-state index in [2.05, 4.69) is 15.4 Å². The number of amides is 1. The maximum absolute atomic E-state index is 13.2. The van der Waals surface area contributed by atoms with E-state index in [1.807, 2.05) is 80.3 Å². The lowest BCUT2D eigenvalue weighted by atomic mass is 9.85. The molecule has 0 spiro atoms. The van der Waals surface area contributed by atoms with Crippen LogP contribution in [0.2, 0.25) is 0 Å². The maximum atomic E-state index is 13.2. The first kappa shape index (κ1) is 30.9. The van der Waals surface area contributed by atoms with Crippen molar-refractivity contribution in [2.45, 2.75) is 84.1 Å². The van der Waals surface area contributed by atoms with Crippen LogP contribution in [-0.2, 0) is 22.4 Å². The van der Waals surface area contributed by atoms with Crippen LogP contribution in [0.5, 0.6) is 0 Å². The summed E-state index contributed by atoms with van der Waals surface area (Å²) in [4.78, 5) is 27.4. The van der Waals surface area contributed by atoms with Gasteiger partial charge in [-0.3, -0.25) is 0 Å². The Kier molecular flexibility index (Phi) is 8.21. The molecule has 2 aromatic carbocycles. The molecule has 7 rings (SSSR count). The molecule has 246 valence electrons. The van der Waals surface area contributed by atoms with Crippen molar-refractivity contribution < 1.29 is 24.2 Å². The van der Waals surface area contributed by atoms with Gasteiger partial charge in [-0.1, -0.05) is 29.8 Å². The van der Waals surface area contributed by atoms with E-state index in [0.717, 1.165) is 78.4 Å². The minimum Gasteiger partial charge on any atom is -0.464 e. The van der Waals surface area contributed by atoms with Gasteiger partial charge in [0, 0.05) is 36.0 Å². The number of carbonyl (C=O) groups excluding carboxylic acids is 1. The average molecular weight is 640 g/mol. The third-order valence-corrected chi connectivity index (χ3v) is 9.06. The summed E-state index contributed by atoms with van der Waals surface area (Å²) < 4.78 is 16.7. The van der Waals surface area contributed by atoms with E-state index in [-0.39, 0.29) is 12.8 Å². The monoisotopic (exact) mass is 639 g/mol. The number of rotatable bonds is 8. The van der Waals surface area contributed by atoms with Crippen molar-refractivity contribution in [3.05, 3.63) is 71.8 Å². The molecule has 1 amide bonds. The van der Waals surface area contributed by atoms with Gasteiger partial charge in [0.25, 0.3) is 0 Å². The van der Waals surface area contributed by atoms with Crippen molar-refractivity contribution in [2.75, 3.05) is 13.2 Å². The SMILES string of the molecule is CC(C)(C)OC(=O)N(Cc1cc2ccc(Cc3cn(-c4cccc5c4cnn5C4CCCCO4)nn3)cc2n1C(=O)O)CC1CCC1. The zero-order chi connectivity index (χ0) is 32.7. The first-order valence-electron chi connectivity index (χ1n) is 16.5. The number of carbonyl (C=O) groups is 2. The molecule has 1 saturated heterocycles. The smallest absolute Gasteiger partial charge is 0.416 e. The molecular weight excluding hydrogens is 598 g/mol. The number of benzene rings is 2. The summed E-state index contributed by atoms with van der Waals surface area (Å²) in [5.74, 6) is 0.402. The number of aromatic nitrogens is 6. The second kappa shape index (κ2) is 12.5. The van der Waals surface area contributed by atoms with Crippen LogP contribution in [0.25, 0.3) is 27.5 Å². The second-order valence-electron chi connectivity index (χ2n) is 13.8. The molecule has 0 radical (unpaired) electrons. The fourth-order valence-corrected chi connectivity index (χ4v) is 6.58. The van der Waals surface area contributed by atoms with E-state index >= 15 is 0 Å². The Morgan fingerprint density at radius 1 is 1.06 bits per heavy atom. The summed E-state index contributed by atoms with van der Waals surface area (Å²) in [5.41, 5.74) is 3.94. The van der Waals surface area contributed by atoms with Gasteiger partial charge in [0.2, 0.25) is 0 Å². The molecule has 4 heterocycles. The topological polar surface area (TPSA) is 130 Å². The van der Waals surface area contributed by atoms with Gasteiger partial charge in [-0.15, -0.1) is 5.10 Å². The Hall–Kier alpha value is -4.71. The van der Waals surface area contributed by atoms with Gasteiger partial charge in [0.05, 0.1) is 41.4 Å². The number of nitrogens with zero attached hydrogens (tertiary/aromatic N) is 7. The van der Waals surface area contributed by atoms with E-state index < -0.39 is 17.8 Å². The van der Waals surface area contributed by atoms with Crippen LogP contribution in [0.4, 0.5) is 9.59 Å². The molecule has 1 aliphatic heterocycles. The quantitative estimate of drug-likeness (QED) is 0.194. The Balaban J connectivity index is 1.13. The highest BCUT2D eigenvalue weighted by Crippen LogP contribution is 2.31. The zero-order valence-electron chi connectivity index (χ0n) is 27.1. The number of fused-ring (bicyclic) bond motifs is 2. The van der Waals surface area contributed by atoms with Crippen LogP contribution in [0, 0.1) is 5.92 Å². The van der Waals surface area contributed by atoms with Crippen LogP contribution < -0.4 is 0 Å². The average Bonchev–Trinajstić information content (AvgIpc) is 3.74. The van der Waals surface area contributed by atoms with Crippen molar-refractivity contribution in [3.63, 3.8) is 0 Å². The second-order valence-corrected chi connectivity index (χ2v) is 13.8. The molecule has 2 aliphatic rings. The molecule has 12 heteroatoms. The highest BCUT2D eigenvalue weighted by atomic mass is 16.6. The Labute approximate surface area is 272 Å². The molecule has 47 heavy (non-hydrogen) atoms. The third kappa shape index (κ3) is 6.47. The number of hydrogen-bond acceptors (Lipinski definition) is 7. The molecular formula is C35H41N7O5. The molecule has 2 fully saturated rings. The third-order valence-electron chi connectivity index (χ3n) is 9.06. The van der Waals surface area contributed by atoms with Crippen molar-refractivity contribution >= 4 is 34.0 Å². The fourth-order valence-electron chi connectivity index (χ4n) is 6.58. The largest absolute Gasteiger partial charge is 0.464 e. The highest BCUT2D eigenvalue weighted by Gasteiger charge is 2.29. The Bertz CT molecular complexity index is 1920. The molecule has 1 aliphatic carbocycles. The fraction of sp³-hybridized carbons (Fsp3) is 0.457. The van der Waals surface area contributed by atoms with Crippen molar-refractivity contribution in [1.29, 1.82) is 0 Å². The summed E-state index contributed by atoms with van der Waals surface area (Å²) in [6.07, 6.45) is 9.02. The van der Waals surface area contributed by atoms with Gasteiger partial charge >= 0.3 is 12.2 Å². The normalized spacial score (nSPS) is 17.2. The van der Waals surface area contributed by atoms with Crippen LogP contribution in [0.15, 0.2) is 54.9 Å². The van der Waals surface area contributed by atoms with Crippen molar-refractivity contribution in [3.8, 4) is 5.69 Å². The highest BCUT2D eigenvalue weighted by molar-refractivity contribution is 5.91. The Morgan fingerprint density at radius 2 is 1.91 bits per heavy atom. The van der Waals surface area contributed by atoms with Gasteiger partial charge < -0.3 is 19.5 Å². The molecule has 0 bridgehead atoms. The van der Waals surface area contributed by atoms with E-state index in [9.17, 15) is 14.7 Å². The summed E-state index contributed by atoms with van der Waals surface area (Å²) in [7, 11) is 0. The van der Waals surface area contributed by atoms with E-state index in [0.29, 0.717) is 30.1 Å². The summed E-state index contributed by atoms with van der Waals surface area (Å²) in [6.45, 7) is 6.94. The minimum atomic E-state index is -1.10. The molecule has 12 nitrogen and oxygen atoms in total. The van der Waals surface area contributed by atoms with Gasteiger partial charge in [0.15, 0.2) is 6.23 Å². The van der Waals surface area contributed by atoms with E-state index in [1.165, 1.54) is 4.57 Å². The Morgan fingerprint density at radius 3 is 2.64 bits per heavy atom. The maximum Gasteiger partial charge on any atom is 0.416 e. The molecule has 1 N–H and O–H groups in total. The van der Waals surface area contributed by atoms with Crippen molar-refractivity contribution in [2.24, 2.45) is 5.92 Å². The minimum absolute atomic E-state index is 0.0638. The van der Waals surface area contributed by atoms with Crippen LogP contribution in [0.3, 0.4) is 0 Å². The van der Waals surface area contributed by atoms with Gasteiger partial charge in [-0.05, 0) is 88.6 Å². The van der Waals surface area contributed by atoms with Gasteiger partial charge in [-0.25, -0.2) is 23.5 Å². The van der Waals surface area contributed by atoms with Gasteiger partial charge in [-0.2, -0.15) is 5.10 Å². The lowest BCUT2D eigenvalue weighted by Crippen LogP contribution is -2.41. The van der Waals surface area contributed by atoms with Gasteiger partial charge in [0.1, 0.15) is 5.60 Å². The standard InChI is InChI=1S/C35H41N7O5/c1-35(2,3)47-34(45)39(20-23-8-6-9-23)22-27-18-25-14-13-24(17-31(25)41(27)33(43)44)16-26-21-40(38-37-26)29-10-7-11-30-28(29)19-36-42(30)32-12-4-5-15-46-32/h7,10-11,13-14,17-19,21,23,32H,4-6,8-9,12,15-16,20,22H2,1-3H3,(H,43,44). The summed E-state index contributed by atoms with van der Waals surface area (Å²) >= 11 is 0. The first-order chi connectivity index (χ1) is 22.6. The molecule has 1 saturated carbocycles. The van der Waals surface area contributed by atoms with Crippen LogP contribution >= 0.6 is 0 Å². The lowest BCUT2D eigenvalue weighted by molar-refractivity contribution is -0.0366. The van der Waals surface area contributed by atoms with Crippen LogP contribution in [-0.4, -0.2) is 70.3 Å². The first-order valence-corrected chi connectivity index (χ1v) is 16.5. The van der Waals surface area contributed by atoms with E-state index in [1.54, 1.807) is 9.58 Å². The molecule has 1 unspecified atom stereocenters. The molecule has 5 aromatic rings. The molecule has 3 aromatic heterocycles. The number of carboxylic acid groups (broad SMARTS) is 1. The van der Waals surface area contributed by atoms with E-state index in [4.69, 9.17) is 9.47 Å². The predicted molar refractivity (Wildman–Crippen MR) is 176 cm³/mol. The van der Waals surface area contributed by atoms with Crippen molar-refractivity contribution in [1.82, 2.24) is 34.2 Å². The zero-order valence-corrected chi connectivity index (χ0v) is 27.1. The lowest BCUT2D eigenvalue weighted by Gasteiger charge is -2.33. The molecule has 1 atom stereocenters. The summed E-state index contributed by atoms with van der Waals surface area (Å²) in [5, 5.41) is 25.6. The van der Waals surface area contributed by atoms with Crippen LogP contribution in [0.1, 0.15) is 82.5 Å². The number of hydrogen-bond donors (Lipinski definition) is 1. The predicted octanol–water partition coefficient (Wildman–Crippen LogP) is 6.92. The summed E-state index contributed by atoms with van der Waals surface area (Å²) in [6, 6.07) is 13.7. The number of ether oxygens (including phenoxy) is 2.